The van der Waals surface area contributed by atoms with E-state index in [9.17, 15) is 4.79 Å². The normalized spacial score (nSPS) is 15.6. The Hall–Kier alpha value is -1.38. The van der Waals surface area contributed by atoms with E-state index in [1.807, 2.05) is 4.68 Å². The van der Waals surface area contributed by atoms with Crippen LogP contribution in [0.3, 0.4) is 0 Å². The molecule has 0 unspecified atom stereocenters. The Kier molecular flexibility index (Phi) is 4.34. The third-order valence-electron chi connectivity index (χ3n) is 3.57. The zero-order valence-electron chi connectivity index (χ0n) is 11.4. The van der Waals surface area contributed by atoms with Crippen LogP contribution in [0.2, 0.25) is 0 Å². The molecule has 0 amide bonds. The van der Waals surface area contributed by atoms with Gasteiger partial charge in [-0.05, 0) is 50.7 Å². The van der Waals surface area contributed by atoms with Crippen molar-refractivity contribution in [1.82, 2.24) is 9.78 Å². The predicted molar refractivity (Wildman–Crippen MR) is 72.5 cm³/mol. The summed E-state index contributed by atoms with van der Waals surface area (Å²) in [5.74, 6) is 0.284. The Morgan fingerprint density at radius 2 is 2.22 bits per heavy atom. The number of aromatic nitrogens is 2. The van der Waals surface area contributed by atoms with E-state index in [0.717, 1.165) is 49.2 Å². The first-order valence-corrected chi connectivity index (χ1v) is 7.02. The van der Waals surface area contributed by atoms with Gasteiger partial charge in [-0.2, -0.15) is 5.10 Å². The quantitative estimate of drug-likeness (QED) is 0.800. The van der Waals surface area contributed by atoms with E-state index in [1.165, 1.54) is 6.42 Å². The highest BCUT2D eigenvalue weighted by Gasteiger charge is 2.15. The van der Waals surface area contributed by atoms with Crippen LogP contribution in [0.4, 0.5) is 0 Å². The Bertz CT molecular complexity index is 457. The number of Topliss-reactive ketones (excluding diaryl/α,β-unsaturated/α-hetero) is 1. The summed E-state index contributed by atoms with van der Waals surface area (Å²) >= 11 is 0. The van der Waals surface area contributed by atoms with Crippen LogP contribution in [0.15, 0.2) is 17.7 Å². The summed E-state index contributed by atoms with van der Waals surface area (Å²) < 4.78 is 1.96. The zero-order valence-corrected chi connectivity index (χ0v) is 11.4. The Labute approximate surface area is 109 Å². The molecule has 98 valence electrons. The highest BCUT2D eigenvalue weighted by atomic mass is 16.1. The van der Waals surface area contributed by atoms with Gasteiger partial charge in [0.1, 0.15) is 0 Å². The Balaban J connectivity index is 2.10. The number of allylic oxidation sites excluding steroid dienone is 2. The van der Waals surface area contributed by atoms with Gasteiger partial charge in [0.15, 0.2) is 5.78 Å². The van der Waals surface area contributed by atoms with Crippen LogP contribution in [-0.2, 0) is 24.2 Å². The number of rotatable bonds is 5. The lowest BCUT2D eigenvalue weighted by molar-refractivity contribution is -0.115. The van der Waals surface area contributed by atoms with Crippen molar-refractivity contribution in [2.24, 2.45) is 0 Å². The van der Waals surface area contributed by atoms with Crippen molar-refractivity contribution in [2.75, 3.05) is 0 Å². The molecule has 0 aliphatic heterocycles. The second kappa shape index (κ2) is 5.98. The lowest BCUT2D eigenvalue weighted by atomic mass is 9.94. The number of aryl methyl sites for hydroxylation is 2. The molecule has 3 heteroatoms. The molecule has 0 bridgehead atoms. The summed E-state index contributed by atoms with van der Waals surface area (Å²) in [6.45, 7) is 5.00. The molecule has 1 heterocycles. The van der Waals surface area contributed by atoms with Gasteiger partial charge < -0.3 is 0 Å². The van der Waals surface area contributed by atoms with Crippen LogP contribution < -0.4 is 0 Å². The number of carbonyl (C=O) groups is 1. The monoisotopic (exact) mass is 246 g/mol. The van der Waals surface area contributed by atoms with Gasteiger partial charge in [0.25, 0.3) is 0 Å². The maximum absolute atomic E-state index is 12.2. The number of ketones is 1. The van der Waals surface area contributed by atoms with Gasteiger partial charge in [0.2, 0.25) is 0 Å². The first-order valence-electron chi connectivity index (χ1n) is 7.02. The maximum Gasteiger partial charge on any atom is 0.164 e. The van der Waals surface area contributed by atoms with Gasteiger partial charge in [0, 0.05) is 12.2 Å². The maximum atomic E-state index is 12.2. The largest absolute Gasteiger partial charge is 0.294 e. The van der Waals surface area contributed by atoms with Crippen molar-refractivity contribution in [1.29, 1.82) is 0 Å². The van der Waals surface area contributed by atoms with Crippen LogP contribution in [0.25, 0.3) is 0 Å². The van der Waals surface area contributed by atoms with Gasteiger partial charge in [0.05, 0.1) is 12.1 Å². The zero-order chi connectivity index (χ0) is 13.0. The van der Waals surface area contributed by atoms with E-state index in [2.05, 4.69) is 31.1 Å². The number of hydrogen-bond donors (Lipinski definition) is 0. The molecule has 1 aliphatic rings. The van der Waals surface area contributed by atoms with E-state index in [4.69, 9.17) is 0 Å². The molecule has 18 heavy (non-hydrogen) atoms. The standard InChI is InChI=1S/C15H22N2O/c1-3-13-10-14(17(4-2)16-13)11-15(18)12-8-6-5-7-9-12/h8,10H,3-7,9,11H2,1-2H3. The first kappa shape index (κ1) is 13.1. The predicted octanol–water partition coefficient (Wildman–Crippen LogP) is 3.08. The van der Waals surface area contributed by atoms with E-state index >= 15 is 0 Å². The SMILES string of the molecule is CCc1cc(CC(=O)C2=CCCCC2)n(CC)n1. The van der Waals surface area contributed by atoms with Gasteiger partial charge >= 0.3 is 0 Å². The number of hydrogen-bond acceptors (Lipinski definition) is 2. The van der Waals surface area contributed by atoms with E-state index in [0.29, 0.717) is 6.42 Å². The lowest BCUT2D eigenvalue weighted by Gasteiger charge is -2.11. The third-order valence-corrected chi connectivity index (χ3v) is 3.57. The fourth-order valence-corrected chi connectivity index (χ4v) is 2.47. The van der Waals surface area contributed by atoms with Crippen molar-refractivity contribution in [3.05, 3.63) is 29.1 Å². The van der Waals surface area contributed by atoms with Crippen molar-refractivity contribution in [3.8, 4) is 0 Å². The second-order valence-electron chi connectivity index (χ2n) is 4.87. The van der Waals surface area contributed by atoms with Crippen LogP contribution in [-0.4, -0.2) is 15.6 Å². The van der Waals surface area contributed by atoms with E-state index in [1.54, 1.807) is 0 Å². The molecule has 0 aromatic carbocycles. The van der Waals surface area contributed by atoms with Gasteiger partial charge in [-0.3, -0.25) is 9.48 Å². The summed E-state index contributed by atoms with van der Waals surface area (Å²) in [4.78, 5) is 12.2. The van der Waals surface area contributed by atoms with Crippen LogP contribution in [0, 0.1) is 0 Å². The molecular formula is C15H22N2O. The molecule has 0 radical (unpaired) electrons. The van der Waals surface area contributed by atoms with E-state index in [-0.39, 0.29) is 5.78 Å². The summed E-state index contributed by atoms with van der Waals surface area (Å²) in [5.41, 5.74) is 3.17. The van der Waals surface area contributed by atoms with Crippen LogP contribution in [0.1, 0.15) is 50.9 Å². The van der Waals surface area contributed by atoms with Gasteiger partial charge in [-0.25, -0.2) is 0 Å². The number of nitrogens with zero attached hydrogens (tertiary/aromatic N) is 2. The molecule has 0 saturated carbocycles. The topological polar surface area (TPSA) is 34.9 Å². The average Bonchev–Trinajstić information content (AvgIpc) is 2.82. The summed E-state index contributed by atoms with van der Waals surface area (Å²) in [5, 5.41) is 4.49. The average molecular weight is 246 g/mol. The molecule has 0 spiro atoms. The van der Waals surface area contributed by atoms with Crippen LogP contribution >= 0.6 is 0 Å². The minimum absolute atomic E-state index is 0.284. The molecule has 1 aromatic rings. The molecule has 1 aromatic heterocycles. The van der Waals surface area contributed by atoms with Crippen molar-refractivity contribution >= 4 is 5.78 Å². The smallest absolute Gasteiger partial charge is 0.164 e. The molecule has 2 rings (SSSR count). The molecule has 1 aliphatic carbocycles. The summed E-state index contributed by atoms with van der Waals surface area (Å²) in [7, 11) is 0. The fourth-order valence-electron chi connectivity index (χ4n) is 2.47. The Morgan fingerprint density at radius 1 is 1.39 bits per heavy atom. The van der Waals surface area contributed by atoms with Crippen molar-refractivity contribution in [2.45, 2.75) is 58.9 Å². The van der Waals surface area contributed by atoms with E-state index < -0.39 is 0 Å². The lowest BCUT2D eigenvalue weighted by Crippen LogP contribution is -2.12. The van der Waals surface area contributed by atoms with Gasteiger partial charge in [-0.15, -0.1) is 0 Å². The highest BCUT2D eigenvalue weighted by Crippen LogP contribution is 2.20. The minimum Gasteiger partial charge on any atom is -0.294 e. The molecule has 0 fully saturated rings. The first-order chi connectivity index (χ1) is 8.74. The Morgan fingerprint density at radius 3 is 2.83 bits per heavy atom. The number of carbonyl (C=O) groups excluding carboxylic acids is 1. The van der Waals surface area contributed by atoms with Crippen molar-refractivity contribution < 1.29 is 4.79 Å². The van der Waals surface area contributed by atoms with Crippen molar-refractivity contribution in [3.63, 3.8) is 0 Å². The third kappa shape index (κ3) is 2.89. The molecular weight excluding hydrogens is 224 g/mol. The second-order valence-corrected chi connectivity index (χ2v) is 4.87. The summed E-state index contributed by atoms with van der Waals surface area (Å²) in [6, 6.07) is 2.07. The molecule has 0 N–H and O–H groups in total. The minimum atomic E-state index is 0.284. The summed E-state index contributed by atoms with van der Waals surface area (Å²) in [6.07, 6.45) is 7.96. The molecule has 3 nitrogen and oxygen atoms in total. The fraction of sp³-hybridized carbons (Fsp3) is 0.600. The van der Waals surface area contributed by atoms with Gasteiger partial charge in [-0.1, -0.05) is 13.0 Å². The molecule has 0 atom stereocenters. The highest BCUT2D eigenvalue weighted by molar-refractivity contribution is 5.96. The van der Waals surface area contributed by atoms with Crippen LogP contribution in [0.5, 0.6) is 0 Å². The molecule has 0 saturated heterocycles.